The quantitative estimate of drug-likeness (QED) is 0.613. The lowest BCUT2D eigenvalue weighted by Gasteiger charge is -2.47. The third-order valence-corrected chi connectivity index (χ3v) is 6.46. The van der Waals surface area contributed by atoms with Crippen LogP contribution >= 0.6 is 0 Å². The smallest absolute Gasteiger partial charge is 0.308 e. The second kappa shape index (κ2) is 6.79. The van der Waals surface area contributed by atoms with Crippen LogP contribution in [0.15, 0.2) is 30.7 Å². The van der Waals surface area contributed by atoms with Crippen LogP contribution in [-0.4, -0.2) is 32.1 Å². The van der Waals surface area contributed by atoms with Crippen molar-refractivity contribution in [3.05, 3.63) is 42.4 Å². The van der Waals surface area contributed by atoms with Crippen LogP contribution in [0.3, 0.4) is 0 Å². The Hall–Kier alpha value is -3.03. The first-order chi connectivity index (χ1) is 14.0. The molecular weight excluding hydrogens is 378 g/mol. The molecule has 8 heteroatoms. The van der Waals surface area contributed by atoms with E-state index in [9.17, 15) is 18.7 Å². The maximum absolute atomic E-state index is 14.6. The number of nitrogens with zero attached hydrogens (tertiary/aromatic N) is 2. The van der Waals surface area contributed by atoms with Crippen molar-refractivity contribution in [1.82, 2.24) is 15.0 Å². The molecule has 6 nitrogen and oxygen atoms in total. The Morgan fingerprint density at radius 1 is 1.10 bits per heavy atom. The van der Waals surface area contributed by atoms with Gasteiger partial charge in [-0.2, -0.15) is 0 Å². The van der Waals surface area contributed by atoms with Crippen molar-refractivity contribution in [3.8, 4) is 11.3 Å². The Morgan fingerprint density at radius 2 is 1.86 bits per heavy atom. The lowest BCUT2D eigenvalue weighted by atomic mass is 9.61. The van der Waals surface area contributed by atoms with E-state index in [-0.39, 0.29) is 23.6 Å². The molecule has 0 amide bonds. The molecule has 3 aliphatic rings. The van der Waals surface area contributed by atoms with Crippen LogP contribution in [0.5, 0.6) is 0 Å². The van der Waals surface area contributed by atoms with Crippen LogP contribution in [0, 0.1) is 29.4 Å². The number of carboxylic acid groups (broad SMARTS) is 1. The van der Waals surface area contributed by atoms with Crippen molar-refractivity contribution in [2.24, 2.45) is 17.8 Å². The van der Waals surface area contributed by atoms with E-state index >= 15 is 0 Å². The highest BCUT2D eigenvalue weighted by atomic mass is 19.1. The largest absolute Gasteiger partial charge is 0.481 e. The van der Waals surface area contributed by atoms with Gasteiger partial charge in [-0.05, 0) is 49.7 Å². The lowest BCUT2D eigenvalue weighted by molar-refractivity contribution is -0.148. The van der Waals surface area contributed by atoms with Gasteiger partial charge in [0.25, 0.3) is 0 Å². The number of pyridine rings is 2. The Bertz CT molecular complexity index is 1090. The fourth-order valence-corrected chi connectivity index (χ4v) is 5.08. The van der Waals surface area contributed by atoms with Crippen molar-refractivity contribution in [2.75, 3.05) is 5.32 Å². The molecule has 3 aliphatic carbocycles. The van der Waals surface area contributed by atoms with Crippen LogP contribution in [0.1, 0.15) is 25.7 Å². The SMILES string of the molecule is O=C(O)[C@H]1C2CCC(CC2)[C@@H]1Nc1cc(-c2c[nH]c3ncc(F)cc23)ncc1F. The normalized spacial score (nSPS) is 26.0. The number of H-pyrrole nitrogens is 1. The molecule has 0 saturated heterocycles. The summed E-state index contributed by atoms with van der Waals surface area (Å²) in [6.07, 6.45) is 7.63. The number of carboxylic acids is 1. The van der Waals surface area contributed by atoms with Crippen LogP contribution in [-0.2, 0) is 4.79 Å². The zero-order valence-corrected chi connectivity index (χ0v) is 15.5. The molecular formula is C21H20F2N4O2. The Labute approximate surface area is 165 Å². The standard InChI is InChI=1S/C21H20F2N4O2/c22-12-5-13-14(8-26-20(13)25-7-12)16-6-17(15(23)9-24-16)27-19-11-3-1-10(2-4-11)18(19)21(28)29/h5-11,18-19H,1-4H2,(H,24,27)(H,25,26)(H,28,29)/t10?,11?,18-,19-/m0/s1. The summed E-state index contributed by atoms with van der Waals surface area (Å²) in [5, 5.41) is 13.5. The van der Waals surface area contributed by atoms with E-state index in [4.69, 9.17) is 0 Å². The van der Waals surface area contributed by atoms with Gasteiger partial charge >= 0.3 is 5.97 Å². The monoisotopic (exact) mass is 398 g/mol. The number of rotatable bonds is 4. The topological polar surface area (TPSA) is 90.9 Å². The first-order valence-corrected chi connectivity index (χ1v) is 9.79. The van der Waals surface area contributed by atoms with Crippen LogP contribution in [0.4, 0.5) is 14.5 Å². The summed E-state index contributed by atoms with van der Waals surface area (Å²) in [6, 6.07) is 2.60. The van der Waals surface area contributed by atoms with E-state index in [1.807, 2.05) is 0 Å². The van der Waals surface area contributed by atoms with Gasteiger partial charge in [-0.3, -0.25) is 9.78 Å². The Balaban J connectivity index is 1.51. The summed E-state index contributed by atoms with van der Waals surface area (Å²) in [5.41, 5.74) is 1.80. The maximum atomic E-state index is 14.6. The number of aliphatic carboxylic acids is 1. The van der Waals surface area contributed by atoms with E-state index in [1.165, 1.54) is 6.07 Å². The second-order valence-corrected chi connectivity index (χ2v) is 8.01. The number of fused-ring (bicyclic) bond motifs is 4. The number of hydrogen-bond donors (Lipinski definition) is 3. The molecule has 3 N–H and O–H groups in total. The van der Waals surface area contributed by atoms with Crippen LogP contribution < -0.4 is 5.32 Å². The molecule has 29 heavy (non-hydrogen) atoms. The van der Waals surface area contributed by atoms with E-state index in [0.717, 1.165) is 38.1 Å². The highest BCUT2D eigenvalue weighted by Crippen LogP contribution is 2.46. The lowest BCUT2D eigenvalue weighted by Crippen LogP contribution is -2.51. The van der Waals surface area contributed by atoms with Crippen molar-refractivity contribution in [2.45, 2.75) is 31.7 Å². The number of anilines is 1. The molecule has 0 unspecified atom stereocenters. The summed E-state index contributed by atoms with van der Waals surface area (Å²) < 4.78 is 28.2. The van der Waals surface area contributed by atoms with Crippen LogP contribution in [0.25, 0.3) is 22.3 Å². The first kappa shape index (κ1) is 18.0. The Morgan fingerprint density at radius 3 is 2.62 bits per heavy atom. The van der Waals surface area contributed by atoms with E-state index in [1.54, 1.807) is 12.3 Å². The Kier molecular flexibility index (Phi) is 4.22. The number of aromatic nitrogens is 3. The average Bonchev–Trinajstić information content (AvgIpc) is 3.13. The molecule has 3 aromatic heterocycles. The first-order valence-electron chi connectivity index (χ1n) is 9.79. The number of halogens is 2. The molecule has 0 radical (unpaired) electrons. The minimum Gasteiger partial charge on any atom is -0.481 e. The third-order valence-electron chi connectivity index (χ3n) is 6.46. The molecule has 6 rings (SSSR count). The molecule has 2 bridgehead atoms. The summed E-state index contributed by atoms with van der Waals surface area (Å²) in [4.78, 5) is 23.0. The van der Waals surface area contributed by atoms with Crippen molar-refractivity contribution < 1.29 is 18.7 Å². The van der Waals surface area contributed by atoms with Gasteiger partial charge in [0.05, 0.1) is 29.7 Å². The highest BCUT2D eigenvalue weighted by Gasteiger charge is 2.47. The van der Waals surface area contributed by atoms with Gasteiger partial charge in [0.15, 0.2) is 5.82 Å². The van der Waals surface area contributed by atoms with Crippen molar-refractivity contribution in [3.63, 3.8) is 0 Å². The zero-order chi connectivity index (χ0) is 20.1. The maximum Gasteiger partial charge on any atom is 0.308 e. The summed E-state index contributed by atoms with van der Waals surface area (Å²) in [6.45, 7) is 0. The predicted octanol–water partition coefficient (Wildman–Crippen LogP) is 4.20. The van der Waals surface area contributed by atoms with Gasteiger partial charge < -0.3 is 15.4 Å². The van der Waals surface area contributed by atoms with E-state index < -0.39 is 23.5 Å². The van der Waals surface area contributed by atoms with E-state index in [0.29, 0.717) is 22.3 Å². The van der Waals surface area contributed by atoms with Crippen molar-refractivity contribution >= 4 is 22.7 Å². The molecule has 3 heterocycles. The van der Waals surface area contributed by atoms with Gasteiger partial charge in [0.2, 0.25) is 0 Å². The fourth-order valence-electron chi connectivity index (χ4n) is 5.08. The van der Waals surface area contributed by atoms with Crippen molar-refractivity contribution in [1.29, 1.82) is 0 Å². The third kappa shape index (κ3) is 3.03. The van der Waals surface area contributed by atoms with Gasteiger partial charge in [-0.15, -0.1) is 0 Å². The van der Waals surface area contributed by atoms with Crippen LogP contribution in [0.2, 0.25) is 0 Å². The predicted molar refractivity (Wildman–Crippen MR) is 103 cm³/mol. The second-order valence-electron chi connectivity index (χ2n) is 8.01. The summed E-state index contributed by atoms with van der Waals surface area (Å²) in [5.74, 6) is -2.02. The zero-order valence-electron chi connectivity index (χ0n) is 15.5. The number of carbonyl (C=O) groups is 1. The van der Waals surface area contributed by atoms with Gasteiger partial charge in [-0.1, -0.05) is 0 Å². The molecule has 3 aromatic rings. The minimum absolute atomic E-state index is 0.127. The number of nitrogens with one attached hydrogen (secondary N) is 2. The minimum atomic E-state index is -0.829. The molecule has 0 aliphatic heterocycles. The molecule has 3 saturated carbocycles. The van der Waals surface area contributed by atoms with Gasteiger partial charge in [-0.25, -0.2) is 13.8 Å². The van der Waals surface area contributed by atoms with E-state index in [2.05, 4.69) is 20.3 Å². The molecule has 150 valence electrons. The molecule has 0 spiro atoms. The summed E-state index contributed by atoms with van der Waals surface area (Å²) in [7, 11) is 0. The highest BCUT2D eigenvalue weighted by molar-refractivity contribution is 5.92. The number of hydrogen-bond acceptors (Lipinski definition) is 4. The summed E-state index contributed by atoms with van der Waals surface area (Å²) >= 11 is 0. The molecule has 0 aromatic carbocycles. The fraction of sp³-hybridized carbons (Fsp3) is 0.381. The van der Waals surface area contributed by atoms with Gasteiger partial charge in [0, 0.05) is 23.2 Å². The molecule has 2 atom stereocenters. The number of aromatic amines is 1. The van der Waals surface area contributed by atoms with Gasteiger partial charge in [0.1, 0.15) is 11.5 Å². The molecule has 3 fully saturated rings. The average molecular weight is 398 g/mol.